The van der Waals surface area contributed by atoms with E-state index in [1.54, 1.807) is 0 Å². The maximum absolute atomic E-state index is 5.59. The summed E-state index contributed by atoms with van der Waals surface area (Å²) in [5, 5.41) is 6.88. The van der Waals surface area contributed by atoms with E-state index in [4.69, 9.17) is 9.73 Å². The second kappa shape index (κ2) is 9.81. The lowest BCUT2D eigenvalue weighted by Gasteiger charge is -2.25. The van der Waals surface area contributed by atoms with Gasteiger partial charge < -0.3 is 15.4 Å². The summed E-state index contributed by atoms with van der Waals surface area (Å²) in [5.74, 6) is 2.00. The molecule has 1 aromatic carbocycles. The van der Waals surface area contributed by atoms with Crippen LogP contribution in [0.1, 0.15) is 44.2 Å². The topological polar surface area (TPSA) is 48.9 Å². The third-order valence-corrected chi connectivity index (χ3v) is 5.39. The van der Waals surface area contributed by atoms with Crippen LogP contribution in [0.25, 0.3) is 0 Å². The first kappa shape index (κ1) is 19.0. The normalized spacial score (nSPS) is 18.5. The Morgan fingerprint density at radius 1 is 1.23 bits per heavy atom. The summed E-state index contributed by atoms with van der Waals surface area (Å²) in [6, 6.07) is 7.15. The summed E-state index contributed by atoms with van der Waals surface area (Å²) in [4.78, 5) is 7.45. The van der Waals surface area contributed by atoms with E-state index in [-0.39, 0.29) is 0 Å². The lowest BCUT2D eigenvalue weighted by atomic mass is 10.1. The summed E-state index contributed by atoms with van der Waals surface area (Å²) < 4.78 is 5.59. The van der Waals surface area contributed by atoms with Crippen molar-refractivity contribution in [3.8, 4) is 5.75 Å². The standard InChI is InChI=1S/C21H34N4O/c1-3-19(25-12-5-6-13-25)16-24-21(22-4-2)23-11-9-17-7-8-20-18(15-17)10-14-26-20/h7-8,15,19H,3-6,9-14,16H2,1-2H3,(H2,22,23,24). The number of fused-ring (bicyclic) bond motifs is 1. The molecule has 1 aromatic rings. The van der Waals surface area contributed by atoms with Crippen LogP contribution in [0.4, 0.5) is 0 Å². The van der Waals surface area contributed by atoms with Gasteiger partial charge in [0.15, 0.2) is 5.96 Å². The van der Waals surface area contributed by atoms with Crippen molar-refractivity contribution in [3.63, 3.8) is 0 Å². The molecule has 0 aliphatic carbocycles. The first-order valence-electron chi connectivity index (χ1n) is 10.3. The van der Waals surface area contributed by atoms with Gasteiger partial charge in [0, 0.05) is 25.6 Å². The first-order chi connectivity index (χ1) is 12.8. The summed E-state index contributed by atoms with van der Waals surface area (Å²) in [5.41, 5.74) is 2.71. The van der Waals surface area contributed by atoms with Gasteiger partial charge in [0.1, 0.15) is 5.75 Å². The van der Waals surface area contributed by atoms with E-state index in [1.807, 2.05) is 0 Å². The fourth-order valence-electron chi connectivity index (χ4n) is 3.87. The molecule has 5 nitrogen and oxygen atoms in total. The molecule has 26 heavy (non-hydrogen) atoms. The van der Waals surface area contributed by atoms with Gasteiger partial charge in [-0.25, -0.2) is 0 Å². The lowest BCUT2D eigenvalue weighted by molar-refractivity contribution is 0.242. The third kappa shape index (κ3) is 5.13. The van der Waals surface area contributed by atoms with E-state index in [1.165, 1.54) is 43.5 Å². The average molecular weight is 359 g/mol. The molecule has 1 atom stereocenters. The summed E-state index contributed by atoms with van der Waals surface area (Å²) >= 11 is 0. The Labute approximate surface area is 158 Å². The van der Waals surface area contributed by atoms with E-state index in [0.29, 0.717) is 6.04 Å². The highest BCUT2D eigenvalue weighted by Crippen LogP contribution is 2.25. The fourth-order valence-corrected chi connectivity index (χ4v) is 3.87. The van der Waals surface area contributed by atoms with Crippen LogP contribution in [0, 0.1) is 0 Å². The molecule has 1 unspecified atom stereocenters. The molecule has 5 heteroatoms. The van der Waals surface area contributed by atoms with Crippen LogP contribution < -0.4 is 15.4 Å². The van der Waals surface area contributed by atoms with Crippen LogP contribution >= 0.6 is 0 Å². The second-order valence-electron chi connectivity index (χ2n) is 7.24. The fraction of sp³-hybridized carbons (Fsp3) is 0.667. The van der Waals surface area contributed by atoms with E-state index >= 15 is 0 Å². The van der Waals surface area contributed by atoms with Crippen molar-refractivity contribution in [3.05, 3.63) is 29.3 Å². The number of hydrogen-bond donors (Lipinski definition) is 2. The predicted molar refractivity (Wildman–Crippen MR) is 108 cm³/mol. The number of hydrogen-bond acceptors (Lipinski definition) is 3. The van der Waals surface area contributed by atoms with E-state index in [2.05, 4.69) is 47.6 Å². The van der Waals surface area contributed by atoms with Crippen LogP contribution in [0.5, 0.6) is 5.75 Å². The molecule has 2 heterocycles. The van der Waals surface area contributed by atoms with E-state index in [9.17, 15) is 0 Å². The van der Waals surface area contributed by atoms with E-state index < -0.39 is 0 Å². The Bertz CT molecular complexity index is 596. The maximum Gasteiger partial charge on any atom is 0.191 e. The average Bonchev–Trinajstić information content (AvgIpc) is 3.33. The van der Waals surface area contributed by atoms with Crippen molar-refractivity contribution < 1.29 is 4.74 Å². The van der Waals surface area contributed by atoms with Gasteiger partial charge in [-0.1, -0.05) is 19.1 Å². The highest BCUT2D eigenvalue weighted by molar-refractivity contribution is 5.79. The van der Waals surface area contributed by atoms with Gasteiger partial charge in [0.25, 0.3) is 0 Å². The van der Waals surface area contributed by atoms with Crippen molar-refractivity contribution >= 4 is 5.96 Å². The molecule has 0 radical (unpaired) electrons. The van der Waals surface area contributed by atoms with Gasteiger partial charge in [-0.05, 0) is 62.9 Å². The molecule has 1 fully saturated rings. The van der Waals surface area contributed by atoms with Crippen molar-refractivity contribution in [2.75, 3.05) is 39.3 Å². The Morgan fingerprint density at radius 3 is 2.85 bits per heavy atom. The first-order valence-corrected chi connectivity index (χ1v) is 10.3. The SMILES string of the molecule is CCNC(=NCC(CC)N1CCCC1)NCCc1ccc2c(c1)CCO2. The lowest BCUT2D eigenvalue weighted by Crippen LogP contribution is -2.40. The number of rotatable bonds is 8. The van der Waals surface area contributed by atoms with Crippen LogP contribution in [-0.4, -0.2) is 56.2 Å². The van der Waals surface area contributed by atoms with Gasteiger partial charge >= 0.3 is 0 Å². The van der Waals surface area contributed by atoms with Crippen LogP contribution in [0.15, 0.2) is 23.2 Å². The molecule has 0 bridgehead atoms. The van der Waals surface area contributed by atoms with Gasteiger partial charge in [0.05, 0.1) is 13.2 Å². The summed E-state index contributed by atoms with van der Waals surface area (Å²) in [6.07, 6.45) is 5.88. The van der Waals surface area contributed by atoms with Crippen molar-refractivity contribution in [2.45, 2.75) is 52.0 Å². The van der Waals surface area contributed by atoms with Crippen molar-refractivity contribution in [2.24, 2.45) is 4.99 Å². The molecule has 0 saturated carbocycles. The molecule has 144 valence electrons. The zero-order valence-electron chi connectivity index (χ0n) is 16.4. The Kier molecular flexibility index (Phi) is 7.18. The summed E-state index contributed by atoms with van der Waals surface area (Å²) in [6.45, 7) is 10.4. The summed E-state index contributed by atoms with van der Waals surface area (Å²) in [7, 11) is 0. The Hall–Kier alpha value is -1.75. The Morgan fingerprint density at radius 2 is 2.08 bits per heavy atom. The second-order valence-corrected chi connectivity index (χ2v) is 7.24. The molecule has 1 saturated heterocycles. The van der Waals surface area contributed by atoms with E-state index in [0.717, 1.165) is 50.8 Å². The molecule has 0 amide bonds. The number of ether oxygens (including phenoxy) is 1. The molecule has 3 rings (SSSR count). The molecular weight excluding hydrogens is 324 g/mol. The van der Waals surface area contributed by atoms with Crippen LogP contribution in [-0.2, 0) is 12.8 Å². The maximum atomic E-state index is 5.59. The molecule has 2 aliphatic heterocycles. The zero-order chi connectivity index (χ0) is 18.2. The monoisotopic (exact) mass is 358 g/mol. The number of likely N-dealkylation sites (tertiary alicyclic amines) is 1. The molecular formula is C21H34N4O. The van der Waals surface area contributed by atoms with Crippen molar-refractivity contribution in [1.82, 2.24) is 15.5 Å². The van der Waals surface area contributed by atoms with Gasteiger partial charge in [0.2, 0.25) is 0 Å². The highest BCUT2D eigenvalue weighted by atomic mass is 16.5. The zero-order valence-corrected chi connectivity index (χ0v) is 16.4. The molecule has 0 spiro atoms. The number of benzene rings is 1. The van der Waals surface area contributed by atoms with Gasteiger partial charge in [-0.15, -0.1) is 0 Å². The van der Waals surface area contributed by atoms with Gasteiger partial charge in [-0.2, -0.15) is 0 Å². The molecule has 2 N–H and O–H groups in total. The minimum absolute atomic E-state index is 0.574. The largest absolute Gasteiger partial charge is 0.493 e. The van der Waals surface area contributed by atoms with Gasteiger partial charge in [-0.3, -0.25) is 9.89 Å². The van der Waals surface area contributed by atoms with Crippen LogP contribution in [0.2, 0.25) is 0 Å². The number of aliphatic imine (C=N–C) groups is 1. The Balaban J connectivity index is 1.49. The minimum atomic E-state index is 0.574. The number of guanidine groups is 1. The number of nitrogens with zero attached hydrogens (tertiary/aromatic N) is 2. The molecule has 2 aliphatic rings. The third-order valence-electron chi connectivity index (χ3n) is 5.39. The minimum Gasteiger partial charge on any atom is -0.493 e. The smallest absolute Gasteiger partial charge is 0.191 e. The number of nitrogens with one attached hydrogen (secondary N) is 2. The highest BCUT2D eigenvalue weighted by Gasteiger charge is 2.20. The molecule has 0 aromatic heterocycles. The van der Waals surface area contributed by atoms with Crippen molar-refractivity contribution in [1.29, 1.82) is 0 Å². The predicted octanol–water partition coefficient (Wildman–Crippen LogP) is 2.59. The van der Waals surface area contributed by atoms with Crippen LogP contribution in [0.3, 0.4) is 0 Å². The quantitative estimate of drug-likeness (QED) is 0.554.